The van der Waals surface area contributed by atoms with E-state index in [9.17, 15) is 13.2 Å². The molecule has 1 saturated carbocycles. The van der Waals surface area contributed by atoms with E-state index in [1.807, 2.05) is 11.8 Å². The minimum Gasteiger partial charge on any atom is -0.434 e. The van der Waals surface area contributed by atoms with Crippen LogP contribution < -0.4 is 15.4 Å². The molecule has 2 atom stereocenters. The van der Waals surface area contributed by atoms with Crippen LogP contribution in [0.2, 0.25) is 0 Å². The number of nitrogens with zero attached hydrogens (tertiary/aromatic N) is 1. The van der Waals surface area contributed by atoms with Crippen molar-refractivity contribution in [2.45, 2.75) is 43.7 Å². The van der Waals surface area contributed by atoms with Crippen molar-refractivity contribution in [3.05, 3.63) is 29.6 Å². The van der Waals surface area contributed by atoms with E-state index in [0.29, 0.717) is 17.3 Å². The number of aliphatic imine (C=N–C) groups is 1. The van der Waals surface area contributed by atoms with Crippen LogP contribution in [0.1, 0.15) is 24.8 Å². The van der Waals surface area contributed by atoms with Crippen LogP contribution in [0, 0.1) is 5.82 Å². The fraction of sp³-hybridized carbons (Fsp3) is 0.562. The highest BCUT2D eigenvalue weighted by molar-refractivity contribution is 14.0. The Morgan fingerprint density at radius 2 is 2.16 bits per heavy atom. The van der Waals surface area contributed by atoms with Crippen LogP contribution in [0.4, 0.5) is 13.2 Å². The topological polar surface area (TPSA) is 45.7 Å². The molecule has 9 heteroatoms. The molecule has 4 nitrogen and oxygen atoms in total. The largest absolute Gasteiger partial charge is 0.434 e. The second-order valence-corrected chi connectivity index (χ2v) is 6.67. The van der Waals surface area contributed by atoms with Crippen molar-refractivity contribution in [3.8, 4) is 5.75 Å². The molecule has 1 aromatic rings. The van der Waals surface area contributed by atoms with Gasteiger partial charge < -0.3 is 15.4 Å². The maximum atomic E-state index is 13.9. The molecular formula is C16H23F3IN3OS. The maximum absolute atomic E-state index is 13.9. The number of benzene rings is 1. The van der Waals surface area contributed by atoms with E-state index in [2.05, 4.69) is 26.6 Å². The predicted octanol–water partition coefficient (Wildman–Crippen LogP) is 3.99. The minimum absolute atomic E-state index is 0. The van der Waals surface area contributed by atoms with Crippen LogP contribution in [-0.4, -0.2) is 37.2 Å². The molecule has 0 amide bonds. The van der Waals surface area contributed by atoms with Gasteiger partial charge in [0, 0.05) is 30.4 Å². The lowest BCUT2D eigenvalue weighted by molar-refractivity contribution is -0.0506. The molecule has 2 unspecified atom stereocenters. The van der Waals surface area contributed by atoms with Crippen LogP contribution in [0.25, 0.3) is 0 Å². The summed E-state index contributed by atoms with van der Waals surface area (Å²) in [5.74, 6) is -0.247. The molecule has 1 aliphatic carbocycles. The van der Waals surface area contributed by atoms with E-state index in [1.54, 1.807) is 7.05 Å². The summed E-state index contributed by atoms with van der Waals surface area (Å²) < 4.78 is 43.2. The SMILES string of the molecule is CN=C(NCc1c(F)cccc1OC(F)F)NC1CCC(SC)C1.I. The van der Waals surface area contributed by atoms with Gasteiger partial charge in [-0.1, -0.05) is 6.07 Å². The number of rotatable bonds is 6. The summed E-state index contributed by atoms with van der Waals surface area (Å²) >= 11 is 1.85. The van der Waals surface area contributed by atoms with Gasteiger partial charge in [-0.05, 0) is 37.7 Å². The zero-order valence-corrected chi connectivity index (χ0v) is 17.2. The van der Waals surface area contributed by atoms with E-state index in [1.165, 1.54) is 18.2 Å². The molecule has 0 radical (unpaired) electrons. The second kappa shape index (κ2) is 11.0. The van der Waals surface area contributed by atoms with Crippen molar-refractivity contribution < 1.29 is 17.9 Å². The first-order valence-corrected chi connectivity index (χ1v) is 9.04. The van der Waals surface area contributed by atoms with Gasteiger partial charge in [-0.2, -0.15) is 20.5 Å². The number of hydrogen-bond donors (Lipinski definition) is 2. The monoisotopic (exact) mass is 489 g/mol. The third-order valence-corrected chi connectivity index (χ3v) is 5.10. The van der Waals surface area contributed by atoms with Crippen molar-refractivity contribution >= 4 is 41.7 Å². The Balaban J connectivity index is 0.00000312. The number of alkyl halides is 2. The zero-order valence-electron chi connectivity index (χ0n) is 14.1. The predicted molar refractivity (Wildman–Crippen MR) is 107 cm³/mol. The fourth-order valence-electron chi connectivity index (χ4n) is 2.76. The zero-order chi connectivity index (χ0) is 17.5. The average molecular weight is 489 g/mol. The molecule has 0 spiro atoms. The lowest BCUT2D eigenvalue weighted by Crippen LogP contribution is -2.42. The first-order chi connectivity index (χ1) is 11.5. The van der Waals surface area contributed by atoms with E-state index in [4.69, 9.17) is 0 Å². The maximum Gasteiger partial charge on any atom is 0.387 e. The van der Waals surface area contributed by atoms with Crippen LogP contribution in [0.3, 0.4) is 0 Å². The highest BCUT2D eigenvalue weighted by atomic mass is 127. The van der Waals surface area contributed by atoms with Crippen molar-refractivity contribution in [2.75, 3.05) is 13.3 Å². The van der Waals surface area contributed by atoms with Gasteiger partial charge in [0.15, 0.2) is 5.96 Å². The summed E-state index contributed by atoms with van der Waals surface area (Å²) in [7, 11) is 1.62. The van der Waals surface area contributed by atoms with Crippen LogP contribution in [0.5, 0.6) is 5.75 Å². The minimum atomic E-state index is -3.00. The number of nitrogens with one attached hydrogen (secondary N) is 2. The quantitative estimate of drug-likeness (QED) is 0.361. The van der Waals surface area contributed by atoms with Crippen LogP contribution in [-0.2, 0) is 6.54 Å². The highest BCUT2D eigenvalue weighted by Gasteiger charge is 2.24. The van der Waals surface area contributed by atoms with Crippen molar-refractivity contribution in [1.82, 2.24) is 10.6 Å². The molecule has 2 rings (SSSR count). The second-order valence-electron chi connectivity index (χ2n) is 5.53. The molecule has 0 saturated heterocycles. The number of guanidine groups is 1. The first kappa shape index (κ1) is 22.2. The van der Waals surface area contributed by atoms with E-state index >= 15 is 0 Å². The summed E-state index contributed by atoms with van der Waals surface area (Å²) in [6.07, 6.45) is 5.34. The van der Waals surface area contributed by atoms with Crippen LogP contribution in [0.15, 0.2) is 23.2 Å². The molecule has 142 valence electrons. The summed E-state index contributed by atoms with van der Waals surface area (Å²) in [5.41, 5.74) is 0.0502. The normalized spacial score (nSPS) is 20.3. The van der Waals surface area contributed by atoms with E-state index in [0.717, 1.165) is 19.3 Å². The summed E-state index contributed by atoms with van der Waals surface area (Å²) in [4.78, 5) is 4.11. The molecule has 1 aromatic carbocycles. The van der Waals surface area contributed by atoms with Gasteiger partial charge >= 0.3 is 6.61 Å². The number of hydrogen-bond acceptors (Lipinski definition) is 3. The Hall–Kier alpha value is -0.840. The van der Waals surface area contributed by atoms with Crippen LogP contribution >= 0.6 is 35.7 Å². The molecule has 0 bridgehead atoms. The van der Waals surface area contributed by atoms with Crippen molar-refractivity contribution in [1.29, 1.82) is 0 Å². The Bertz CT molecular complexity index is 578. The fourth-order valence-corrected chi connectivity index (χ4v) is 3.56. The lowest BCUT2D eigenvalue weighted by Gasteiger charge is -2.18. The molecule has 2 N–H and O–H groups in total. The number of halogens is 4. The van der Waals surface area contributed by atoms with Gasteiger partial charge in [-0.25, -0.2) is 4.39 Å². The highest BCUT2D eigenvalue weighted by Crippen LogP contribution is 2.28. The standard InChI is InChI=1S/C16H22F3N3OS.HI/c1-20-16(22-10-6-7-11(8-10)24-2)21-9-12-13(17)4-3-5-14(12)23-15(18)19;/h3-5,10-11,15H,6-9H2,1-2H3,(H2,20,21,22);1H. The molecule has 25 heavy (non-hydrogen) atoms. The van der Waals surface area contributed by atoms with Crippen molar-refractivity contribution in [2.24, 2.45) is 4.99 Å². The number of thioether (sulfide) groups is 1. The molecule has 1 aliphatic rings. The van der Waals surface area contributed by atoms with Gasteiger partial charge in [0.05, 0.1) is 0 Å². The molecule has 0 aromatic heterocycles. The smallest absolute Gasteiger partial charge is 0.387 e. The molecule has 0 aliphatic heterocycles. The summed E-state index contributed by atoms with van der Waals surface area (Å²) in [6, 6.07) is 4.18. The molecular weight excluding hydrogens is 466 g/mol. The Morgan fingerprint density at radius 1 is 1.40 bits per heavy atom. The summed E-state index contributed by atoms with van der Waals surface area (Å²) in [6.45, 7) is -2.99. The van der Waals surface area contributed by atoms with Gasteiger partial charge in [0.1, 0.15) is 11.6 Å². The Morgan fingerprint density at radius 3 is 2.76 bits per heavy atom. The summed E-state index contributed by atoms with van der Waals surface area (Å²) in [5, 5.41) is 6.90. The first-order valence-electron chi connectivity index (χ1n) is 7.75. The Labute approximate surface area is 167 Å². The average Bonchev–Trinajstić information content (AvgIpc) is 3.00. The third-order valence-electron chi connectivity index (χ3n) is 4.01. The molecule has 1 fully saturated rings. The van der Waals surface area contributed by atoms with E-state index in [-0.39, 0.29) is 41.8 Å². The third kappa shape index (κ3) is 6.76. The van der Waals surface area contributed by atoms with E-state index < -0.39 is 12.4 Å². The lowest BCUT2D eigenvalue weighted by atomic mass is 10.2. The Kier molecular flexibility index (Phi) is 9.77. The van der Waals surface area contributed by atoms with Gasteiger partial charge in [-0.3, -0.25) is 4.99 Å². The van der Waals surface area contributed by atoms with Gasteiger partial charge in [-0.15, -0.1) is 24.0 Å². The number of ether oxygens (including phenoxy) is 1. The van der Waals surface area contributed by atoms with Gasteiger partial charge in [0.2, 0.25) is 0 Å². The van der Waals surface area contributed by atoms with Crippen molar-refractivity contribution in [3.63, 3.8) is 0 Å². The van der Waals surface area contributed by atoms with Gasteiger partial charge in [0.25, 0.3) is 0 Å². The molecule has 0 heterocycles.